The first kappa shape index (κ1) is 23.0. The van der Waals surface area contributed by atoms with Crippen molar-refractivity contribution in [3.05, 3.63) is 110 Å². The van der Waals surface area contributed by atoms with E-state index in [2.05, 4.69) is 0 Å². The highest BCUT2D eigenvalue weighted by molar-refractivity contribution is 6.33. The lowest BCUT2D eigenvalue weighted by molar-refractivity contribution is 0.0785. The number of phenolic OH excluding ortho intramolecular Hbond substituents is 1. The van der Waals surface area contributed by atoms with Crippen LogP contribution in [0.2, 0.25) is 10.0 Å². The van der Waals surface area contributed by atoms with Gasteiger partial charge in [0.05, 0.1) is 10.0 Å². The number of fused-ring (bicyclic) bond motifs is 2. The maximum Gasteiger partial charge on any atom is 0.253 e. The summed E-state index contributed by atoms with van der Waals surface area (Å²) < 4.78 is 5.89. The highest BCUT2D eigenvalue weighted by Gasteiger charge is 2.21. The summed E-state index contributed by atoms with van der Waals surface area (Å²) in [5.74, 6) is 0.0866. The molecule has 174 valence electrons. The molecule has 35 heavy (non-hydrogen) atoms. The number of phenols is 1. The quantitative estimate of drug-likeness (QED) is 0.272. The fourth-order valence-corrected chi connectivity index (χ4v) is 4.47. The summed E-state index contributed by atoms with van der Waals surface area (Å²) in [5, 5.41) is 10.9. The molecule has 3 aromatic rings. The fourth-order valence-electron chi connectivity index (χ4n) is 4.14. The van der Waals surface area contributed by atoms with Gasteiger partial charge in [-0.25, -0.2) is 0 Å². The van der Waals surface area contributed by atoms with Crippen molar-refractivity contribution in [2.45, 2.75) is 6.54 Å². The molecule has 0 fully saturated rings. The Hall–Kier alpha value is -3.80. The van der Waals surface area contributed by atoms with E-state index in [0.717, 1.165) is 16.7 Å². The van der Waals surface area contributed by atoms with Crippen LogP contribution in [0.1, 0.15) is 15.9 Å². The summed E-state index contributed by atoms with van der Waals surface area (Å²) in [7, 11) is 1.76. The molecule has 0 saturated carbocycles. The minimum Gasteiger partial charge on any atom is -0.506 e. The van der Waals surface area contributed by atoms with E-state index in [1.54, 1.807) is 36.2 Å². The summed E-state index contributed by atoms with van der Waals surface area (Å²) in [5.41, 5.74) is 3.69. The molecule has 1 aliphatic heterocycles. The lowest BCUT2D eigenvalue weighted by Crippen LogP contribution is -2.26. The number of nitrogens with zero attached hydrogens (tertiary/aromatic N) is 1. The van der Waals surface area contributed by atoms with Gasteiger partial charge in [-0.3, -0.25) is 9.59 Å². The monoisotopic (exact) mass is 503 g/mol. The van der Waals surface area contributed by atoms with Crippen LogP contribution in [0.25, 0.3) is 33.4 Å². The topological polar surface area (TPSA) is 70.8 Å². The van der Waals surface area contributed by atoms with E-state index >= 15 is 0 Å². The van der Waals surface area contributed by atoms with Crippen LogP contribution in [-0.4, -0.2) is 23.0 Å². The first-order valence-corrected chi connectivity index (χ1v) is 11.6. The number of aromatic hydroxyl groups is 1. The van der Waals surface area contributed by atoms with Crippen LogP contribution in [0.4, 0.5) is 0 Å². The molecule has 0 unspecified atom stereocenters. The Morgan fingerprint density at radius 1 is 0.943 bits per heavy atom. The number of hydrogen-bond acceptors (Lipinski definition) is 4. The average Bonchev–Trinajstić information content (AvgIpc) is 2.85. The van der Waals surface area contributed by atoms with Gasteiger partial charge >= 0.3 is 0 Å². The second-order valence-corrected chi connectivity index (χ2v) is 9.09. The van der Waals surface area contributed by atoms with Crippen LogP contribution in [0.15, 0.2) is 88.1 Å². The predicted octanol–water partition coefficient (Wildman–Crippen LogP) is 6.85. The molecule has 0 atom stereocenters. The molecule has 0 saturated heterocycles. The molecular formula is C28H19Cl2NO4. The van der Waals surface area contributed by atoms with Gasteiger partial charge in [0.15, 0.2) is 0 Å². The molecule has 7 heteroatoms. The number of halogens is 2. The van der Waals surface area contributed by atoms with Crippen molar-refractivity contribution in [1.29, 1.82) is 0 Å². The van der Waals surface area contributed by atoms with E-state index < -0.39 is 0 Å². The van der Waals surface area contributed by atoms with Gasteiger partial charge < -0.3 is 14.4 Å². The molecule has 5 nitrogen and oxygen atoms in total. The number of rotatable bonds is 4. The molecular weight excluding hydrogens is 485 g/mol. The smallest absolute Gasteiger partial charge is 0.253 e. The van der Waals surface area contributed by atoms with Gasteiger partial charge in [0.1, 0.15) is 17.1 Å². The molecule has 5 rings (SSSR count). The maximum atomic E-state index is 13.0. The minimum absolute atomic E-state index is 0.0625. The van der Waals surface area contributed by atoms with Crippen molar-refractivity contribution in [3.63, 3.8) is 0 Å². The molecule has 1 N–H and O–H groups in total. The van der Waals surface area contributed by atoms with Crippen LogP contribution in [0.3, 0.4) is 0 Å². The Balaban J connectivity index is 1.59. The minimum atomic E-state index is -0.367. The molecule has 0 spiro atoms. The van der Waals surface area contributed by atoms with Gasteiger partial charge in [-0.2, -0.15) is 0 Å². The van der Waals surface area contributed by atoms with Crippen LogP contribution < -0.4 is 5.43 Å². The fraction of sp³-hybridized carbons (Fsp3) is 0.0714. The Morgan fingerprint density at radius 2 is 1.66 bits per heavy atom. The van der Waals surface area contributed by atoms with E-state index in [0.29, 0.717) is 34.4 Å². The van der Waals surface area contributed by atoms with E-state index in [1.807, 2.05) is 42.5 Å². The van der Waals surface area contributed by atoms with Crippen LogP contribution in [-0.2, 0) is 6.54 Å². The lowest BCUT2D eigenvalue weighted by atomic mass is 9.93. The Labute approximate surface area is 211 Å². The van der Waals surface area contributed by atoms with Crippen LogP contribution in [0, 0.1) is 0 Å². The van der Waals surface area contributed by atoms with E-state index in [-0.39, 0.29) is 27.1 Å². The Morgan fingerprint density at radius 3 is 2.37 bits per heavy atom. The molecule has 1 heterocycles. The highest BCUT2D eigenvalue weighted by Crippen LogP contribution is 2.43. The van der Waals surface area contributed by atoms with Crippen molar-refractivity contribution < 1.29 is 14.3 Å². The zero-order valence-electron chi connectivity index (χ0n) is 18.6. The summed E-state index contributed by atoms with van der Waals surface area (Å²) in [6.07, 6.45) is 0. The lowest BCUT2D eigenvalue weighted by Gasteiger charge is -2.18. The normalized spacial score (nSPS) is 11.2. The molecule has 1 aliphatic carbocycles. The number of carbonyl (C=O) groups excluding carboxylic acids is 1. The number of amides is 1. The maximum absolute atomic E-state index is 13.0. The third-order valence-corrected chi connectivity index (χ3v) is 6.47. The SMILES string of the molecule is CN(Cc1ccccc1)C(=O)c1ccc(-c2c3cc(Cl)c(=O)cc-3oc3cc(O)c(Cl)cc23)cc1. The molecule has 0 aromatic heterocycles. The van der Waals surface area contributed by atoms with Gasteiger partial charge in [0.25, 0.3) is 5.91 Å². The third-order valence-electron chi connectivity index (χ3n) is 5.87. The number of benzene rings is 4. The predicted molar refractivity (Wildman–Crippen MR) is 138 cm³/mol. The first-order valence-electron chi connectivity index (χ1n) is 10.8. The summed E-state index contributed by atoms with van der Waals surface area (Å²) >= 11 is 12.4. The van der Waals surface area contributed by atoms with E-state index in [1.165, 1.54) is 12.1 Å². The van der Waals surface area contributed by atoms with Gasteiger partial charge in [0, 0.05) is 47.8 Å². The Kier molecular flexibility index (Phi) is 5.97. The summed E-state index contributed by atoms with van der Waals surface area (Å²) in [4.78, 5) is 26.8. The third kappa shape index (κ3) is 4.36. The van der Waals surface area contributed by atoms with Crippen molar-refractivity contribution in [3.8, 4) is 28.2 Å². The molecule has 0 bridgehead atoms. The highest BCUT2D eigenvalue weighted by atomic mass is 35.5. The van der Waals surface area contributed by atoms with Crippen molar-refractivity contribution in [2.75, 3.05) is 7.05 Å². The molecule has 0 radical (unpaired) electrons. The first-order chi connectivity index (χ1) is 16.8. The van der Waals surface area contributed by atoms with Gasteiger partial charge in [-0.05, 0) is 35.4 Å². The number of hydrogen-bond donors (Lipinski definition) is 1. The van der Waals surface area contributed by atoms with Gasteiger partial charge in [-0.15, -0.1) is 0 Å². The molecule has 2 aliphatic rings. The average molecular weight is 504 g/mol. The summed E-state index contributed by atoms with van der Waals surface area (Å²) in [6.45, 7) is 0.495. The standard InChI is InChI=1S/C28H19Cl2NO4/c1-31(15-16-5-3-2-4-6-16)28(34)18-9-7-17(8-10-18)27-19-11-21(29)23(32)13-25(19)35-26-14-24(33)22(30)12-20(26)27/h2-14,32H,15H2,1H3. The zero-order chi connectivity index (χ0) is 24.7. The molecule has 1 amide bonds. The van der Waals surface area contributed by atoms with E-state index in [9.17, 15) is 14.7 Å². The second-order valence-electron chi connectivity index (χ2n) is 8.28. The van der Waals surface area contributed by atoms with Gasteiger partial charge in [0.2, 0.25) is 5.43 Å². The zero-order valence-corrected chi connectivity index (χ0v) is 20.1. The Bertz CT molecular complexity index is 1590. The second kappa shape index (κ2) is 9.10. The molecule has 3 aromatic carbocycles. The van der Waals surface area contributed by atoms with Crippen molar-refractivity contribution in [1.82, 2.24) is 4.90 Å². The van der Waals surface area contributed by atoms with Crippen LogP contribution in [0.5, 0.6) is 5.75 Å². The van der Waals surface area contributed by atoms with E-state index in [4.69, 9.17) is 27.6 Å². The number of carbonyl (C=O) groups is 1. The van der Waals surface area contributed by atoms with Gasteiger partial charge in [-0.1, -0.05) is 65.7 Å². The van der Waals surface area contributed by atoms with Crippen LogP contribution >= 0.6 is 23.2 Å². The van der Waals surface area contributed by atoms with Crippen molar-refractivity contribution >= 4 is 40.1 Å². The van der Waals surface area contributed by atoms with Crippen molar-refractivity contribution in [2.24, 2.45) is 0 Å². The largest absolute Gasteiger partial charge is 0.506 e. The summed E-state index contributed by atoms with van der Waals surface area (Å²) in [6, 6.07) is 22.9.